The van der Waals surface area contributed by atoms with Crippen LogP contribution < -0.4 is 5.56 Å². The lowest BCUT2D eigenvalue weighted by Gasteiger charge is -2.09. The number of carbonyl (C=O) groups excluding carboxylic acids is 1. The summed E-state index contributed by atoms with van der Waals surface area (Å²) >= 11 is 5.64. The quantitative estimate of drug-likeness (QED) is 0.635. The molecule has 4 rings (SSSR count). The first-order chi connectivity index (χ1) is 12.7. The van der Waals surface area contributed by atoms with Crippen LogP contribution in [-0.2, 0) is 13.2 Å². The van der Waals surface area contributed by atoms with E-state index in [9.17, 15) is 22.8 Å². The monoisotopic (exact) mass is 397 g/mol. The lowest BCUT2D eigenvalue weighted by atomic mass is 10.1. The van der Waals surface area contributed by atoms with Crippen molar-refractivity contribution >= 4 is 28.4 Å². The molecule has 1 saturated carbocycles. The number of fused-ring (bicyclic) bond motifs is 1. The Morgan fingerprint density at radius 2 is 1.96 bits per heavy atom. The van der Waals surface area contributed by atoms with Gasteiger partial charge in [0.05, 0.1) is 11.3 Å². The van der Waals surface area contributed by atoms with Crippen molar-refractivity contribution in [1.82, 2.24) is 24.3 Å². The van der Waals surface area contributed by atoms with Crippen molar-refractivity contribution < 1.29 is 18.0 Å². The van der Waals surface area contributed by atoms with Crippen molar-refractivity contribution in [2.24, 2.45) is 7.05 Å². The van der Waals surface area contributed by atoms with Gasteiger partial charge in [0.2, 0.25) is 5.78 Å². The van der Waals surface area contributed by atoms with Gasteiger partial charge in [0.1, 0.15) is 11.2 Å². The summed E-state index contributed by atoms with van der Waals surface area (Å²) in [7, 11) is 1.45. The Hall–Kier alpha value is -2.75. The van der Waals surface area contributed by atoms with Crippen LogP contribution in [0.1, 0.15) is 40.6 Å². The highest BCUT2D eigenvalue weighted by Crippen LogP contribution is 2.34. The molecule has 11 heteroatoms. The smallest absolute Gasteiger partial charge is 0.294 e. The van der Waals surface area contributed by atoms with Gasteiger partial charge in [0.15, 0.2) is 11.2 Å². The molecule has 27 heavy (non-hydrogen) atoms. The van der Waals surface area contributed by atoms with E-state index in [2.05, 4.69) is 15.1 Å². The van der Waals surface area contributed by atoms with Crippen LogP contribution in [0.4, 0.5) is 13.2 Å². The van der Waals surface area contributed by atoms with E-state index in [0.29, 0.717) is 0 Å². The van der Waals surface area contributed by atoms with E-state index in [0.717, 1.165) is 25.1 Å². The Labute approximate surface area is 154 Å². The Morgan fingerprint density at radius 3 is 2.56 bits per heavy atom. The lowest BCUT2D eigenvalue weighted by molar-refractivity contribution is -0.141. The number of aryl methyl sites for hydroxylation is 1. The van der Waals surface area contributed by atoms with Gasteiger partial charge in [-0.1, -0.05) is 11.6 Å². The number of halogens is 4. The zero-order chi connectivity index (χ0) is 19.5. The van der Waals surface area contributed by atoms with E-state index in [-0.39, 0.29) is 33.9 Å². The summed E-state index contributed by atoms with van der Waals surface area (Å²) in [5.41, 5.74) is -1.71. The molecular weight excluding hydrogens is 387 g/mol. The number of alkyl halides is 3. The zero-order valence-corrected chi connectivity index (χ0v) is 14.5. The predicted octanol–water partition coefficient (Wildman–Crippen LogP) is 2.76. The van der Waals surface area contributed by atoms with E-state index in [4.69, 9.17) is 11.6 Å². The van der Waals surface area contributed by atoms with Gasteiger partial charge >= 0.3 is 6.18 Å². The molecule has 0 atom stereocenters. The van der Waals surface area contributed by atoms with Gasteiger partial charge in [-0.3, -0.25) is 18.8 Å². The zero-order valence-electron chi connectivity index (χ0n) is 13.8. The number of aromatic nitrogens is 5. The first-order valence-corrected chi connectivity index (χ1v) is 8.27. The standard InChI is InChI=1S/C16H11ClF3N5O2/c1-24-12(10-11(23-24)15(27)25(6-22-10)8-2-3-8)13(26)7-4-9(17)14(21-5-7)16(18,19)20/h4-6,8H,2-3H2,1H3. The summed E-state index contributed by atoms with van der Waals surface area (Å²) in [5, 5.41) is 3.39. The van der Waals surface area contributed by atoms with Crippen LogP contribution in [0.2, 0.25) is 5.02 Å². The van der Waals surface area contributed by atoms with Crippen molar-refractivity contribution in [2.45, 2.75) is 25.1 Å². The van der Waals surface area contributed by atoms with E-state index >= 15 is 0 Å². The highest BCUT2D eigenvalue weighted by molar-refractivity contribution is 6.31. The summed E-state index contributed by atoms with van der Waals surface area (Å²) in [4.78, 5) is 32.8. The maximum Gasteiger partial charge on any atom is 0.434 e. The minimum absolute atomic E-state index is 0.0253. The van der Waals surface area contributed by atoms with Gasteiger partial charge in [0, 0.05) is 24.8 Å². The second-order valence-electron chi connectivity index (χ2n) is 6.24. The summed E-state index contributed by atoms with van der Waals surface area (Å²) in [6.07, 6.45) is -0.823. The maximum atomic E-state index is 12.8. The fraction of sp³-hybridized carbons (Fsp3) is 0.312. The van der Waals surface area contributed by atoms with Crippen LogP contribution in [0.15, 0.2) is 23.4 Å². The van der Waals surface area contributed by atoms with Gasteiger partial charge in [-0.15, -0.1) is 0 Å². The number of hydrogen-bond acceptors (Lipinski definition) is 5. The Morgan fingerprint density at radius 1 is 1.26 bits per heavy atom. The highest BCUT2D eigenvalue weighted by atomic mass is 35.5. The molecule has 1 aliphatic rings. The summed E-state index contributed by atoms with van der Waals surface area (Å²) in [6.45, 7) is 0. The van der Waals surface area contributed by atoms with Gasteiger partial charge in [-0.2, -0.15) is 18.3 Å². The molecule has 0 saturated heterocycles. The van der Waals surface area contributed by atoms with Gasteiger partial charge < -0.3 is 0 Å². The van der Waals surface area contributed by atoms with Gasteiger partial charge in [-0.05, 0) is 18.9 Å². The van der Waals surface area contributed by atoms with Crippen LogP contribution in [0.5, 0.6) is 0 Å². The number of hydrogen-bond donors (Lipinski definition) is 0. The fourth-order valence-corrected chi connectivity index (χ4v) is 3.12. The molecular formula is C16H11ClF3N5O2. The molecule has 0 aromatic carbocycles. The van der Waals surface area contributed by atoms with E-state index in [1.165, 1.54) is 22.6 Å². The SMILES string of the molecule is Cn1nc2c(=O)n(C3CC3)cnc2c1C(=O)c1cnc(C(F)(F)F)c(Cl)c1. The van der Waals surface area contributed by atoms with E-state index in [1.807, 2.05) is 0 Å². The Balaban J connectivity index is 1.81. The maximum absolute atomic E-state index is 12.8. The molecule has 3 heterocycles. The Bertz CT molecular complexity index is 1150. The third kappa shape index (κ3) is 2.89. The molecule has 0 radical (unpaired) electrons. The molecule has 7 nitrogen and oxygen atoms in total. The summed E-state index contributed by atoms with van der Waals surface area (Å²) in [5.74, 6) is -0.681. The van der Waals surface area contributed by atoms with Crippen LogP contribution in [0, 0.1) is 0 Å². The lowest BCUT2D eigenvalue weighted by Crippen LogP contribution is -2.19. The van der Waals surface area contributed by atoms with Crippen molar-refractivity contribution in [3.63, 3.8) is 0 Å². The van der Waals surface area contributed by atoms with Crippen LogP contribution >= 0.6 is 11.6 Å². The molecule has 0 spiro atoms. The van der Waals surface area contributed by atoms with Crippen LogP contribution in [0.25, 0.3) is 11.0 Å². The number of nitrogens with zero attached hydrogens (tertiary/aromatic N) is 5. The molecule has 140 valence electrons. The number of rotatable bonds is 3. The van der Waals surface area contributed by atoms with Crippen molar-refractivity contribution in [3.05, 3.63) is 50.9 Å². The van der Waals surface area contributed by atoms with Gasteiger partial charge in [-0.25, -0.2) is 9.97 Å². The summed E-state index contributed by atoms with van der Waals surface area (Å²) in [6, 6.07) is 0.984. The second-order valence-corrected chi connectivity index (χ2v) is 6.65. The highest BCUT2D eigenvalue weighted by Gasteiger charge is 2.36. The third-order valence-corrected chi connectivity index (χ3v) is 4.59. The van der Waals surface area contributed by atoms with Crippen molar-refractivity contribution in [3.8, 4) is 0 Å². The molecule has 0 bridgehead atoms. The molecule has 0 aliphatic heterocycles. The number of ketones is 1. The predicted molar refractivity (Wildman–Crippen MR) is 88.7 cm³/mol. The largest absolute Gasteiger partial charge is 0.434 e. The van der Waals surface area contributed by atoms with Crippen molar-refractivity contribution in [2.75, 3.05) is 0 Å². The second kappa shape index (κ2) is 5.88. The van der Waals surface area contributed by atoms with Crippen LogP contribution in [-0.4, -0.2) is 30.1 Å². The van der Waals surface area contributed by atoms with Gasteiger partial charge in [0.25, 0.3) is 5.56 Å². The fourth-order valence-electron chi connectivity index (χ4n) is 2.85. The van der Waals surface area contributed by atoms with Crippen molar-refractivity contribution in [1.29, 1.82) is 0 Å². The molecule has 1 aliphatic carbocycles. The average Bonchev–Trinajstić information content (AvgIpc) is 3.36. The first kappa shape index (κ1) is 17.7. The minimum atomic E-state index is -4.73. The van der Waals surface area contributed by atoms with Crippen LogP contribution in [0.3, 0.4) is 0 Å². The van der Waals surface area contributed by atoms with E-state index in [1.54, 1.807) is 0 Å². The first-order valence-electron chi connectivity index (χ1n) is 7.89. The molecule has 3 aromatic heterocycles. The number of pyridine rings is 1. The van der Waals surface area contributed by atoms with E-state index < -0.39 is 22.7 Å². The average molecular weight is 398 g/mol. The number of carbonyl (C=O) groups is 1. The molecule has 0 amide bonds. The topological polar surface area (TPSA) is 82.7 Å². The normalized spacial score (nSPS) is 14.7. The molecule has 1 fully saturated rings. The summed E-state index contributed by atoms with van der Waals surface area (Å²) < 4.78 is 41.0. The molecule has 0 unspecified atom stereocenters. The molecule has 0 N–H and O–H groups in total. The molecule has 3 aromatic rings. The third-order valence-electron chi connectivity index (χ3n) is 4.30. The Kier molecular flexibility index (Phi) is 3.84. The minimum Gasteiger partial charge on any atom is -0.294 e.